The summed E-state index contributed by atoms with van der Waals surface area (Å²) >= 11 is 2.43. The van der Waals surface area contributed by atoms with Crippen LogP contribution in [0.5, 0.6) is 0 Å². The van der Waals surface area contributed by atoms with Crippen LogP contribution in [0.2, 0.25) is 0 Å². The summed E-state index contributed by atoms with van der Waals surface area (Å²) < 4.78 is 3.18. The molecule has 36 heavy (non-hydrogen) atoms. The van der Waals surface area contributed by atoms with Crippen molar-refractivity contribution < 1.29 is 14.4 Å². The Morgan fingerprint density at radius 3 is 2.42 bits per heavy atom. The summed E-state index contributed by atoms with van der Waals surface area (Å²) in [6, 6.07) is 17.2. The van der Waals surface area contributed by atoms with Crippen LogP contribution in [0.1, 0.15) is 31.1 Å². The van der Waals surface area contributed by atoms with Crippen molar-refractivity contribution in [2.24, 2.45) is 0 Å². The second kappa shape index (κ2) is 15.3. The lowest BCUT2D eigenvalue weighted by Crippen LogP contribution is -2.05. The van der Waals surface area contributed by atoms with E-state index in [1.165, 1.54) is 25.1 Å². The number of thioether (sulfide) groups is 1. The van der Waals surface area contributed by atoms with E-state index in [0.717, 1.165) is 39.1 Å². The minimum absolute atomic E-state index is 0.0763. The fourth-order valence-corrected chi connectivity index (χ4v) is 3.97. The zero-order valence-corrected chi connectivity index (χ0v) is 21.9. The molecule has 186 valence electrons. The normalized spacial score (nSPS) is 9.75. The van der Waals surface area contributed by atoms with Gasteiger partial charge >= 0.3 is 0 Å². The van der Waals surface area contributed by atoms with Gasteiger partial charge in [0.15, 0.2) is 10.9 Å². The SMILES string of the molecule is C=O.CC.CC(=O)SCC(=O)c1ccc(NSc2ccc3nc(Nc4cccnc4)ccc3c2)nc1. The molecule has 0 spiro atoms. The third-order valence-corrected chi connectivity index (χ3v) is 5.97. The zero-order chi connectivity index (χ0) is 26.3. The molecule has 0 saturated carbocycles. The van der Waals surface area contributed by atoms with Gasteiger partial charge in [0, 0.05) is 35.2 Å². The molecule has 4 rings (SSSR count). The van der Waals surface area contributed by atoms with Crippen LogP contribution in [-0.2, 0) is 9.59 Å². The van der Waals surface area contributed by atoms with Crippen LogP contribution in [0.15, 0.2) is 78.1 Å². The number of pyridine rings is 3. The number of anilines is 3. The maximum atomic E-state index is 12.0. The molecule has 0 radical (unpaired) electrons. The number of nitrogens with one attached hydrogen (secondary N) is 2. The Hall–Kier alpha value is -3.76. The molecule has 0 atom stereocenters. The summed E-state index contributed by atoms with van der Waals surface area (Å²) in [5.74, 6) is 1.41. The Bertz CT molecular complexity index is 1270. The highest BCUT2D eigenvalue weighted by Crippen LogP contribution is 2.25. The molecule has 0 amide bonds. The van der Waals surface area contributed by atoms with Crippen LogP contribution in [0.25, 0.3) is 10.9 Å². The predicted molar refractivity (Wildman–Crippen MR) is 149 cm³/mol. The summed E-state index contributed by atoms with van der Waals surface area (Å²) in [6.45, 7) is 7.45. The lowest BCUT2D eigenvalue weighted by molar-refractivity contribution is -0.109. The standard InChI is InChI=1S/C23H19N5O2S2.C2H6.CH2O/c1-15(29)31-14-21(30)17-5-8-22(25-12-17)28-32-19-6-7-20-16(11-19)4-9-23(27-20)26-18-3-2-10-24-13-18;2*1-2/h2-13H,14H2,1H3,(H,25,28)(H,26,27);1-2H3;1H2. The molecule has 8 nitrogen and oxygen atoms in total. The molecule has 0 fully saturated rings. The Morgan fingerprint density at radius 2 is 1.75 bits per heavy atom. The first kappa shape index (κ1) is 28.5. The molecule has 1 aromatic carbocycles. The number of ketones is 1. The van der Waals surface area contributed by atoms with Crippen LogP contribution in [-0.4, -0.2) is 38.4 Å². The maximum absolute atomic E-state index is 12.0. The quantitative estimate of drug-likeness (QED) is 0.205. The lowest BCUT2D eigenvalue weighted by Gasteiger charge is -2.08. The lowest BCUT2D eigenvalue weighted by atomic mass is 10.2. The second-order valence-corrected chi connectivity index (χ2v) is 8.79. The number of rotatable bonds is 8. The molecular formula is C26H27N5O3S2. The van der Waals surface area contributed by atoms with Crippen LogP contribution in [0, 0.1) is 0 Å². The van der Waals surface area contributed by atoms with Gasteiger partial charge in [-0.15, -0.1) is 0 Å². The number of Topliss-reactive ketones (excluding diaryl/α,β-unsaturated/α-hetero) is 1. The number of aromatic nitrogens is 3. The van der Waals surface area contributed by atoms with Gasteiger partial charge < -0.3 is 14.8 Å². The Morgan fingerprint density at radius 1 is 0.972 bits per heavy atom. The van der Waals surface area contributed by atoms with E-state index in [1.807, 2.05) is 63.1 Å². The zero-order valence-electron chi connectivity index (χ0n) is 20.2. The van der Waals surface area contributed by atoms with Gasteiger partial charge in [-0.2, -0.15) is 0 Å². The number of benzene rings is 1. The fourth-order valence-electron chi connectivity index (χ4n) is 2.80. The average molecular weight is 522 g/mol. The van der Waals surface area contributed by atoms with E-state index in [1.54, 1.807) is 24.5 Å². The third-order valence-electron chi connectivity index (χ3n) is 4.36. The summed E-state index contributed by atoms with van der Waals surface area (Å²) in [5, 5.41) is 4.18. The van der Waals surface area contributed by atoms with E-state index in [4.69, 9.17) is 4.79 Å². The Kier molecular flexibility index (Phi) is 12.1. The Balaban J connectivity index is 0.00000109. The van der Waals surface area contributed by atoms with Crippen molar-refractivity contribution in [3.05, 3.63) is 78.8 Å². The number of hydrogen-bond acceptors (Lipinski definition) is 10. The number of hydrogen-bond donors (Lipinski definition) is 2. The molecular weight excluding hydrogens is 494 g/mol. The van der Waals surface area contributed by atoms with Gasteiger partial charge in [-0.1, -0.05) is 25.6 Å². The third kappa shape index (κ3) is 8.79. The minimum Gasteiger partial charge on any atom is -0.339 e. The highest BCUT2D eigenvalue weighted by atomic mass is 32.2. The van der Waals surface area contributed by atoms with E-state index < -0.39 is 0 Å². The molecule has 0 unspecified atom stereocenters. The predicted octanol–water partition coefficient (Wildman–Crippen LogP) is 6.19. The minimum atomic E-state index is -0.115. The first-order chi connectivity index (χ1) is 17.6. The summed E-state index contributed by atoms with van der Waals surface area (Å²) in [6.07, 6.45) is 5.00. The molecule has 0 aliphatic heterocycles. The first-order valence-corrected chi connectivity index (χ1v) is 12.8. The summed E-state index contributed by atoms with van der Waals surface area (Å²) in [4.78, 5) is 45.1. The molecule has 0 bridgehead atoms. The number of carbonyl (C=O) groups excluding carboxylic acids is 3. The highest BCUT2D eigenvalue weighted by molar-refractivity contribution is 8.14. The fraction of sp³-hybridized carbons (Fsp3) is 0.154. The van der Waals surface area contributed by atoms with E-state index in [-0.39, 0.29) is 16.7 Å². The molecule has 3 heterocycles. The van der Waals surface area contributed by atoms with Crippen LogP contribution in [0.3, 0.4) is 0 Å². The first-order valence-electron chi connectivity index (χ1n) is 11.0. The summed E-state index contributed by atoms with van der Waals surface area (Å²) in [7, 11) is 0. The van der Waals surface area contributed by atoms with Crippen molar-refractivity contribution in [3.63, 3.8) is 0 Å². The topological polar surface area (TPSA) is 114 Å². The van der Waals surface area contributed by atoms with Crippen molar-refractivity contribution in [2.45, 2.75) is 25.7 Å². The second-order valence-electron chi connectivity index (χ2n) is 6.76. The van der Waals surface area contributed by atoms with Crippen molar-refractivity contribution in [1.29, 1.82) is 0 Å². The maximum Gasteiger partial charge on any atom is 0.186 e. The molecule has 2 N–H and O–H groups in total. The van der Waals surface area contributed by atoms with Gasteiger partial charge in [0.1, 0.15) is 18.4 Å². The van der Waals surface area contributed by atoms with Crippen LogP contribution < -0.4 is 10.0 Å². The van der Waals surface area contributed by atoms with Crippen molar-refractivity contribution in [3.8, 4) is 0 Å². The van der Waals surface area contributed by atoms with Gasteiger partial charge in [-0.3, -0.25) is 14.6 Å². The van der Waals surface area contributed by atoms with Crippen molar-refractivity contribution >= 4 is 69.6 Å². The Labute approximate surface area is 218 Å². The molecule has 0 saturated heterocycles. The van der Waals surface area contributed by atoms with Gasteiger partial charge in [0.05, 0.1) is 23.2 Å². The molecule has 0 aliphatic rings. The highest BCUT2D eigenvalue weighted by Gasteiger charge is 2.09. The van der Waals surface area contributed by atoms with Crippen molar-refractivity contribution in [1.82, 2.24) is 15.0 Å². The average Bonchev–Trinajstić information content (AvgIpc) is 2.93. The van der Waals surface area contributed by atoms with E-state index >= 15 is 0 Å². The van der Waals surface area contributed by atoms with Gasteiger partial charge in [-0.25, -0.2) is 9.97 Å². The number of fused-ring (bicyclic) bond motifs is 1. The van der Waals surface area contributed by atoms with E-state index in [9.17, 15) is 9.59 Å². The van der Waals surface area contributed by atoms with Crippen LogP contribution >= 0.6 is 23.7 Å². The van der Waals surface area contributed by atoms with E-state index in [2.05, 4.69) is 25.0 Å². The van der Waals surface area contributed by atoms with Gasteiger partial charge in [0.25, 0.3) is 0 Å². The summed E-state index contributed by atoms with van der Waals surface area (Å²) in [5.41, 5.74) is 2.25. The van der Waals surface area contributed by atoms with Crippen molar-refractivity contribution in [2.75, 3.05) is 15.8 Å². The van der Waals surface area contributed by atoms with Gasteiger partial charge in [-0.05, 0) is 66.5 Å². The monoisotopic (exact) mass is 521 g/mol. The molecule has 4 aromatic rings. The number of nitrogens with zero attached hydrogens (tertiary/aromatic N) is 3. The largest absolute Gasteiger partial charge is 0.339 e. The smallest absolute Gasteiger partial charge is 0.186 e. The van der Waals surface area contributed by atoms with Crippen LogP contribution in [0.4, 0.5) is 17.3 Å². The van der Waals surface area contributed by atoms with E-state index in [0.29, 0.717) is 11.4 Å². The molecule has 10 heteroatoms. The molecule has 3 aromatic heterocycles. The van der Waals surface area contributed by atoms with Gasteiger partial charge in [0.2, 0.25) is 0 Å². The number of carbonyl (C=O) groups is 3. The molecule has 0 aliphatic carbocycles.